The second-order valence-electron chi connectivity index (χ2n) is 3.93. The van der Waals surface area contributed by atoms with E-state index < -0.39 is 0 Å². The van der Waals surface area contributed by atoms with Crippen LogP contribution in [0.25, 0.3) is 11.1 Å². The predicted octanol–water partition coefficient (Wildman–Crippen LogP) is 3.90. The average Bonchev–Trinajstić information content (AvgIpc) is 2.34. The first-order chi connectivity index (χ1) is 8.15. The minimum Gasteiger partial charge on any atom is -0.349 e. The summed E-state index contributed by atoms with van der Waals surface area (Å²) in [7, 11) is 0. The molecule has 0 radical (unpaired) electrons. The monoisotopic (exact) mass is 240 g/mol. The molecular formula is C14H12N2S. The number of nitrogens with one attached hydrogen (secondary N) is 1. The highest BCUT2D eigenvalue weighted by atomic mass is 32.1. The Morgan fingerprint density at radius 2 is 1.82 bits per heavy atom. The van der Waals surface area contributed by atoms with Gasteiger partial charge in [0.05, 0.1) is 5.56 Å². The van der Waals surface area contributed by atoms with Crippen molar-refractivity contribution in [3.63, 3.8) is 0 Å². The van der Waals surface area contributed by atoms with Gasteiger partial charge in [-0.3, -0.25) is 0 Å². The van der Waals surface area contributed by atoms with Crippen LogP contribution in [0.15, 0.2) is 30.3 Å². The summed E-state index contributed by atoms with van der Waals surface area (Å²) in [6.07, 6.45) is 0. The molecule has 0 bridgehead atoms. The van der Waals surface area contributed by atoms with E-state index in [-0.39, 0.29) is 0 Å². The summed E-state index contributed by atoms with van der Waals surface area (Å²) in [6, 6.07) is 12.1. The maximum atomic E-state index is 9.24. The summed E-state index contributed by atoms with van der Waals surface area (Å²) >= 11 is 5.21. The van der Waals surface area contributed by atoms with Crippen LogP contribution in [-0.4, -0.2) is 4.98 Å². The first kappa shape index (κ1) is 11.6. The third-order valence-electron chi connectivity index (χ3n) is 2.89. The molecule has 0 amide bonds. The Kier molecular flexibility index (Phi) is 3.08. The number of nitrogens with zero attached hydrogens (tertiary/aromatic N) is 1. The van der Waals surface area contributed by atoms with Crippen LogP contribution in [0.4, 0.5) is 0 Å². The molecule has 0 aliphatic rings. The van der Waals surface area contributed by atoms with Gasteiger partial charge in [0, 0.05) is 11.3 Å². The van der Waals surface area contributed by atoms with Gasteiger partial charge in [-0.1, -0.05) is 42.5 Å². The molecule has 0 fully saturated rings. The molecular weight excluding hydrogens is 228 g/mol. The van der Waals surface area contributed by atoms with Crippen molar-refractivity contribution in [1.82, 2.24) is 4.98 Å². The van der Waals surface area contributed by atoms with Gasteiger partial charge in [0.2, 0.25) is 0 Å². The van der Waals surface area contributed by atoms with Gasteiger partial charge < -0.3 is 4.98 Å². The second-order valence-corrected chi connectivity index (χ2v) is 4.34. The van der Waals surface area contributed by atoms with Crippen molar-refractivity contribution in [3.8, 4) is 17.2 Å². The molecule has 1 heterocycles. The lowest BCUT2D eigenvalue weighted by Crippen LogP contribution is -1.97. The fourth-order valence-electron chi connectivity index (χ4n) is 1.89. The van der Waals surface area contributed by atoms with E-state index in [1.165, 1.54) is 0 Å². The quantitative estimate of drug-likeness (QED) is 0.768. The molecule has 0 spiro atoms. The number of aromatic amines is 1. The van der Waals surface area contributed by atoms with E-state index in [0.29, 0.717) is 10.2 Å². The Balaban J connectivity index is 2.86. The number of benzene rings is 1. The van der Waals surface area contributed by atoms with E-state index >= 15 is 0 Å². The van der Waals surface area contributed by atoms with Crippen LogP contribution in [0.1, 0.15) is 16.8 Å². The Labute approximate surface area is 106 Å². The third-order valence-corrected chi connectivity index (χ3v) is 3.20. The minimum atomic E-state index is 0.509. The van der Waals surface area contributed by atoms with Gasteiger partial charge in [0.15, 0.2) is 0 Å². The van der Waals surface area contributed by atoms with Gasteiger partial charge in [-0.2, -0.15) is 5.26 Å². The van der Waals surface area contributed by atoms with Crippen LogP contribution in [0.3, 0.4) is 0 Å². The zero-order chi connectivity index (χ0) is 12.4. The van der Waals surface area contributed by atoms with Crippen LogP contribution in [-0.2, 0) is 0 Å². The maximum absolute atomic E-state index is 9.24. The highest BCUT2D eigenvalue weighted by Gasteiger charge is 2.12. The Bertz CT molecular complexity index is 648. The van der Waals surface area contributed by atoms with Crippen molar-refractivity contribution in [2.24, 2.45) is 0 Å². The number of hydrogen-bond acceptors (Lipinski definition) is 2. The zero-order valence-electron chi connectivity index (χ0n) is 9.74. The molecule has 17 heavy (non-hydrogen) atoms. The molecule has 1 N–H and O–H groups in total. The molecule has 1 aromatic carbocycles. The molecule has 0 unspecified atom stereocenters. The highest BCUT2D eigenvalue weighted by molar-refractivity contribution is 7.71. The summed E-state index contributed by atoms with van der Waals surface area (Å²) < 4.78 is 0.509. The Hall–Kier alpha value is -1.92. The van der Waals surface area contributed by atoms with Gasteiger partial charge in [0.25, 0.3) is 0 Å². The van der Waals surface area contributed by atoms with Gasteiger partial charge >= 0.3 is 0 Å². The molecule has 2 aromatic rings. The van der Waals surface area contributed by atoms with Crippen molar-refractivity contribution in [2.75, 3.05) is 0 Å². The van der Waals surface area contributed by atoms with Crippen molar-refractivity contribution >= 4 is 12.2 Å². The standard InChI is InChI=1S/C14H12N2S/c1-9-10(2)16-14(17)12(8-15)13(9)11-6-4-3-5-7-11/h3-7H,1-2H3,(H,16,17). The number of aryl methyl sites for hydroxylation is 1. The largest absolute Gasteiger partial charge is 0.349 e. The molecule has 84 valence electrons. The minimum absolute atomic E-state index is 0.509. The number of nitriles is 1. The van der Waals surface area contributed by atoms with E-state index in [0.717, 1.165) is 22.4 Å². The normalized spacial score (nSPS) is 9.94. The zero-order valence-corrected chi connectivity index (χ0v) is 10.6. The highest BCUT2D eigenvalue weighted by Crippen LogP contribution is 2.28. The number of aromatic nitrogens is 1. The SMILES string of the molecule is Cc1[nH]c(=S)c(C#N)c(-c2ccccc2)c1C. The molecule has 0 aliphatic carbocycles. The van der Waals surface area contributed by atoms with Crippen LogP contribution < -0.4 is 0 Å². The number of H-pyrrole nitrogens is 1. The van der Waals surface area contributed by atoms with Gasteiger partial charge in [-0.15, -0.1) is 0 Å². The van der Waals surface area contributed by atoms with Gasteiger partial charge in [0.1, 0.15) is 10.7 Å². The lowest BCUT2D eigenvalue weighted by atomic mass is 9.96. The molecule has 0 aliphatic heterocycles. The van der Waals surface area contributed by atoms with Crippen molar-refractivity contribution in [2.45, 2.75) is 13.8 Å². The van der Waals surface area contributed by atoms with Crippen molar-refractivity contribution < 1.29 is 0 Å². The van der Waals surface area contributed by atoms with Crippen LogP contribution in [0, 0.1) is 29.8 Å². The van der Waals surface area contributed by atoms with E-state index in [1.807, 2.05) is 44.2 Å². The molecule has 0 atom stereocenters. The Morgan fingerprint density at radius 3 is 2.41 bits per heavy atom. The van der Waals surface area contributed by atoms with Crippen LogP contribution >= 0.6 is 12.2 Å². The summed E-state index contributed by atoms with van der Waals surface area (Å²) in [5.74, 6) is 0. The van der Waals surface area contributed by atoms with Crippen molar-refractivity contribution in [1.29, 1.82) is 5.26 Å². The first-order valence-electron chi connectivity index (χ1n) is 5.34. The van der Waals surface area contributed by atoms with E-state index in [9.17, 15) is 5.26 Å². The number of hydrogen-bond donors (Lipinski definition) is 1. The van der Waals surface area contributed by atoms with Crippen LogP contribution in [0.5, 0.6) is 0 Å². The fourth-order valence-corrected chi connectivity index (χ4v) is 2.19. The van der Waals surface area contributed by atoms with Gasteiger partial charge in [-0.25, -0.2) is 0 Å². The topological polar surface area (TPSA) is 39.6 Å². The fraction of sp³-hybridized carbons (Fsp3) is 0.143. The summed E-state index contributed by atoms with van der Waals surface area (Å²) in [6.45, 7) is 3.97. The van der Waals surface area contributed by atoms with E-state index in [1.54, 1.807) is 0 Å². The lowest BCUT2D eigenvalue weighted by molar-refractivity contribution is 1.13. The molecule has 2 nitrogen and oxygen atoms in total. The van der Waals surface area contributed by atoms with E-state index in [2.05, 4.69) is 11.1 Å². The number of pyridine rings is 1. The summed E-state index contributed by atoms with van der Waals surface area (Å²) in [5, 5.41) is 9.24. The first-order valence-corrected chi connectivity index (χ1v) is 5.75. The summed E-state index contributed by atoms with van der Waals surface area (Å²) in [4.78, 5) is 3.06. The smallest absolute Gasteiger partial charge is 0.122 e. The average molecular weight is 240 g/mol. The predicted molar refractivity (Wildman–Crippen MR) is 71.3 cm³/mol. The third kappa shape index (κ3) is 2.00. The van der Waals surface area contributed by atoms with Gasteiger partial charge in [-0.05, 0) is 25.0 Å². The van der Waals surface area contributed by atoms with Crippen LogP contribution in [0.2, 0.25) is 0 Å². The maximum Gasteiger partial charge on any atom is 0.122 e. The van der Waals surface area contributed by atoms with Crippen molar-refractivity contribution in [3.05, 3.63) is 51.8 Å². The second kappa shape index (κ2) is 4.52. The molecule has 3 heteroatoms. The Morgan fingerprint density at radius 1 is 1.18 bits per heavy atom. The number of rotatable bonds is 1. The molecule has 0 saturated heterocycles. The molecule has 2 rings (SSSR count). The molecule has 1 aromatic heterocycles. The summed E-state index contributed by atoms with van der Waals surface area (Å²) in [5.41, 5.74) is 4.60. The molecule has 0 saturated carbocycles. The lowest BCUT2D eigenvalue weighted by Gasteiger charge is -2.11. The van der Waals surface area contributed by atoms with E-state index in [4.69, 9.17) is 12.2 Å².